The zero-order valence-corrected chi connectivity index (χ0v) is 17.2. The summed E-state index contributed by atoms with van der Waals surface area (Å²) in [5.41, 5.74) is 5.66. The van der Waals surface area contributed by atoms with E-state index in [0.29, 0.717) is 6.07 Å². The number of thioether (sulfide) groups is 1. The van der Waals surface area contributed by atoms with E-state index in [1.807, 2.05) is 6.07 Å². The van der Waals surface area contributed by atoms with E-state index < -0.39 is 23.4 Å². The van der Waals surface area contributed by atoms with Gasteiger partial charge >= 0.3 is 6.01 Å². The van der Waals surface area contributed by atoms with Gasteiger partial charge in [0.05, 0.1) is 29.0 Å². The minimum absolute atomic E-state index is 0.0136. The number of carbonyl (C=O) groups is 1. The van der Waals surface area contributed by atoms with Crippen molar-refractivity contribution in [3.05, 3.63) is 69.8 Å². The maximum absolute atomic E-state index is 14.3. The van der Waals surface area contributed by atoms with Crippen molar-refractivity contribution in [2.75, 3.05) is 11.5 Å². The van der Waals surface area contributed by atoms with Gasteiger partial charge in [0.15, 0.2) is 0 Å². The Hall–Kier alpha value is -3.23. The molecule has 3 rings (SSSR count). The van der Waals surface area contributed by atoms with Gasteiger partial charge in [0.25, 0.3) is 0 Å². The highest BCUT2D eigenvalue weighted by atomic mass is 35.5. The molecule has 0 unspecified atom stereocenters. The molecule has 0 atom stereocenters. The predicted molar refractivity (Wildman–Crippen MR) is 106 cm³/mol. The van der Waals surface area contributed by atoms with E-state index in [4.69, 9.17) is 27.0 Å². The molecule has 0 fully saturated rings. The molecule has 0 aliphatic rings. The van der Waals surface area contributed by atoms with Crippen LogP contribution < -0.4 is 5.73 Å². The topological polar surface area (TPSA) is 109 Å². The second-order valence-corrected chi connectivity index (χ2v) is 7.59. The average molecular weight is 468 g/mol. The van der Waals surface area contributed by atoms with Crippen LogP contribution in [0.1, 0.15) is 17.0 Å². The molecule has 1 aromatic heterocycles. The number of nitriles is 1. The summed E-state index contributed by atoms with van der Waals surface area (Å²) in [5.74, 6) is -3.23. The third kappa shape index (κ3) is 5.68. The highest BCUT2D eigenvalue weighted by Crippen LogP contribution is 2.31. The number of halogens is 4. The molecule has 31 heavy (non-hydrogen) atoms. The van der Waals surface area contributed by atoms with Gasteiger partial charge < -0.3 is 15.1 Å². The van der Waals surface area contributed by atoms with Gasteiger partial charge in [-0.15, -0.1) is 16.9 Å². The van der Waals surface area contributed by atoms with Crippen molar-refractivity contribution in [3.8, 4) is 6.07 Å². The van der Waals surface area contributed by atoms with Crippen LogP contribution in [0, 0.1) is 28.8 Å². The number of nitrogens with zero attached hydrogens (tertiary/aromatic N) is 4. The lowest BCUT2D eigenvalue weighted by Gasteiger charge is -2.21. The van der Waals surface area contributed by atoms with Crippen molar-refractivity contribution in [1.29, 1.82) is 5.26 Å². The Labute approximate surface area is 183 Å². The Morgan fingerprint density at radius 1 is 1.19 bits per heavy atom. The molecule has 0 saturated carbocycles. The van der Waals surface area contributed by atoms with Crippen LogP contribution in [0.4, 0.5) is 19.2 Å². The molecule has 7 nitrogen and oxygen atoms in total. The maximum Gasteiger partial charge on any atom is 0.312 e. The fourth-order valence-corrected chi connectivity index (χ4v) is 3.70. The first-order valence-corrected chi connectivity index (χ1v) is 9.94. The monoisotopic (exact) mass is 467 g/mol. The van der Waals surface area contributed by atoms with E-state index in [2.05, 4.69) is 10.2 Å². The lowest BCUT2D eigenvalue weighted by atomic mass is 10.1. The first-order valence-electron chi connectivity index (χ1n) is 8.58. The number of hydrogen-bond donors (Lipinski definition) is 1. The van der Waals surface area contributed by atoms with Gasteiger partial charge in [-0.25, -0.2) is 13.2 Å². The summed E-state index contributed by atoms with van der Waals surface area (Å²) >= 11 is 6.65. The molecular weight excluding hydrogens is 455 g/mol. The van der Waals surface area contributed by atoms with Gasteiger partial charge in [0.2, 0.25) is 11.8 Å². The third-order valence-electron chi connectivity index (χ3n) is 4.02. The highest BCUT2D eigenvalue weighted by Gasteiger charge is 2.21. The van der Waals surface area contributed by atoms with Crippen LogP contribution in [0.3, 0.4) is 0 Å². The summed E-state index contributed by atoms with van der Waals surface area (Å²) in [7, 11) is 0. The van der Waals surface area contributed by atoms with Crippen LogP contribution in [0.25, 0.3) is 0 Å². The van der Waals surface area contributed by atoms with Crippen molar-refractivity contribution in [2.24, 2.45) is 0 Å². The van der Waals surface area contributed by atoms with E-state index in [9.17, 15) is 18.0 Å². The lowest BCUT2D eigenvalue weighted by Crippen LogP contribution is -2.32. The molecule has 0 spiro atoms. The quantitative estimate of drug-likeness (QED) is 0.414. The Kier molecular flexibility index (Phi) is 7.04. The Balaban J connectivity index is 1.80. The van der Waals surface area contributed by atoms with Crippen molar-refractivity contribution in [1.82, 2.24) is 15.1 Å². The number of nitrogens with two attached hydrogens (primary N) is 1. The molecule has 2 N–H and O–H groups in total. The smallest absolute Gasteiger partial charge is 0.312 e. The molecule has 2 aromatic carbocycles. The lowest BCUT2D eigenvalue weighted by molar-refractivity contribution is -0.129. The van der Waals surface area contributed by atoms with Gasteiger partial charge in [-0.2, -0.15) is 5.26 Å². The average Bonchev–Trinajstić information content (AvgIpc) is 3.14. The summed E-state index contributed by atoms with van der Waals surface area (Å²) in [6.07, 6.45) is 0. The fraction of sp³-hybridized carbons (Fsp3) is 0.158. The zero-order valence-electron chi connectivity index (χ0n) is 15.6. The Bertz CT molecular complexity index is 1170. The second-order valence-electron chi connectivity index (χ2n) is 6.19. The van der Waals surface area contributed by atoms with Gasteiger partial charge in [-0.3, -0.25) is 4.79 Å². The number of rotatable bonds is 7. The van der Waals surface area contributed by atoms with Gasteiger partial charge in [-0.05, 0) is 18.2 Å². The number of carbonyl (C=O) groups excluding carboxylic acids is 1. The number of benzene rings is 2. The van der Waals surface area contributed by atoms with Crippen molar-refractivity contribution < 1.29 is 22.4 Å². The van der Waals surface area contributed by atoms with Crippen LogP contribution in [-0.4, -0.2) is 26.8 Å². The van der Waals surface area contributed by atoms with Crippen LogP contribution in [0.5, 0.6) is 0 Å². The minimum atomic E-state index is -0.950. The van der Waals surface area contributed by atoms with Crippen LogP contribution in [0.15, 0.2) is 39.6 Å². The van der Waals surface area contributed by atoms with E-state index >= 15 is 0 Å². The van der Waals surface area contributed by atoms with E-state index in [-0.39, 0.29) is 51.8 Å². The van der Waals surface area contributed by atoms with Gasteiger partial charge in [0, 0.05) is 23.1 Å². The molecule has 1 heterocycles. The van der Waals surface area contributed by atoms with Crippen molar-refractivity contribution in [3.63, 3.8) is 0 Å². The fourth-order valence-electron chi connectivity index (χ4n) is 2.54. The van der Waals surface area contributed by atoms with Crippen LogP contribution in [-0.2, 0) is 17.9 Å². The number of aromatic nitrogens is 2. The minimum Gasteiger partial charge on any atom is -0.406 e. The molecule has 12 heteroatoms. The normalized spacial score (nSPS) is 10.7. The van der Waals surface area contributed by atoms with Gasteiger partial charge in [-0.1, -0.05) is 22.8 Å². The largest absolute Gasteiger partial charge is 0.406 e. The summed E-state index contributed by atoms with van der Waals surface area (Å²) in [5, 5.41) is 15.8. The molecule has 0 radical (unpaired) electrons. The number of nitrogen functional groups attached to an aromatic ring is 1. The summed E-state index contributed by atoms with van der Waals surface area (Å²) in [6.45, 7) is -0.376. The molecule has 3 aromatic rings. The molecular formula is C19H13ClF3N5O2S. The van der Waals surface area contributed by atoms with E-state index in [0.717, 1.165) is 23.9 Å². The number of hydrogen-bond acceptors (Lipinski definition) is 7. The van der Waals surface area contributed by atoms with E-state index in [1.165, 1.54) is 17.0 Å². The second kappa shape index (κ2) is 9.72. The number of amides is 1. The molecule has 0 aliphatic heterocycles. The maximum atomic E-state index is 14.3. The Morgan fingerprint density at radius 2 is 1.97 bits per heavy atom. The Morgan fingerprint density at radius 3 is 2.61 bits per heavy atom. The molecule has 0 saturated heterocycles. The van der Waals surface area contributed by atoms with Crippen molar-refractivity contribution in [2.45, 2.75) is 18.0 Å². The first-order chi connectivity index (χ1) is 14.8. The first kappa shape index (κ1) is 22.5. The summed E-state index contributed by atoms with van der Waals surface area (Å²) in [6, 6.07) is 7.09. The third-order valence-corrected chi connectivity index (χ3v) is 5.54. The molecule has 0 aliphatic carbocycles. The zero-order chi connectivity index (χ0) is 22.5. The van der Waals surface area contributed by atoms with Crippen LogP contribution >= 0.6 is 23.4 Å². The summed E-state index contributed by atoms with van der Waals surface area (Å²) in [4.78, 5) is 14.1. The SMILES string of the molecule is N#Cc1ccc(CN(Cc2nnc(N)o2)C(=O)CSc2cc(F)cc(F)c2Cl)c(F)c1. The molecule has 1 amide bonds. The van der Waals surface area contributed by atoms with Gasteiger partial charge in [0.1, 0.15) is 17.5 Å². The summed E-state index contributed by atoms with van der Waals surface area (Å²) < 4.78 is 46.5. The number of anilines is 1. The standard InChI is InChI=1S/C19H13ClF3N5O2S/c20-18-14(23)4-12(21)5-15(18)31-9-17(29)28(8-16-26-27-19(25)30-16)7-11-2-1-10(6-24)3-13(11)22/h1-5H,7-9H2,(H2,25,27). The molecule has 160 valence electrons. The van der Waals surface area contributed by atoms with E-state index in [1.54, 1.807) is 0 Å². The predicted octanol–water partition coefficient (Wildman–Crippen LogP) is 3.92. The molecule has 0 bridgehead atoms. The van der Waals surface area contributed by atoms with Crippen LogP contribution in [0.2, 0.25) is 5.02 Å². The highest BCUT2D eigenvalue weighted by molar-refractivity contribution is 8.00. The van der Waals surface area contributed by atoms with Crippen molar-refractivity contribution >= 4 is 35.3 Å².